The minimum Gasteiger partial charge on any atom is -0.493 e. The van der Waals surface area contributed by atoms with E-state index in [4.69, 9.17) is 14.9 Å². The van der Waals surface area contributed by atoms with E-state index in [0.717, 1.165) is 0 Å². The number of hydrogen-bond donors (Lipinski definition) is 2. The highest BCUT2D eigenvalue weighted by Crippen LogP contribution is 2.23. The van der Waals surface area contributed by atoms with Crippen LogP contribution in [-0.2, 0) is 0 Å². The zero-order valence-electron chi connectivity index (χ0n) is 8.81. The van der Waals surface area contributed by atoms with Crippen molar-refractivity contribution in [3.05, 3.63) is 28.2 Å². The van der Waals surface area contributed by atoms with Crippen molar-refractivity contribution in [2.45, 2.75) is 19.4 Å². The van der Waals surface area contributed by atoms with Gasteiger partial charge in [-0.15, -0.1) is 0 Å². The molecule has 1 aromatic rings. The molecule has 1 atom stereocenters. The fourth-order valence-corrected chi connectivity index (χ4v) is 1.50. The van der Waals surface area contributed by atoms with Crippen molar-refractivity contribution >= 4 is 21.9 Å². The van der Waals surface area contributed by atoms with E-state index in [1.165, 1.54) is 6.07 Å². The van der Waals surface area contributed by atoms with Gasteiger partial charge in [-0.25, -0.2) is 4.79 Å². The highest BCUT2D eigenvalue weighted by molar-refractivity contribution is 9.10. The quantitative estimate of drug-likeness (QED) is 0.872. The molecule has 88 valence electrons. The SMILES string of the molecule is CC(O)CCOc1ccc(Br)cc1C(=O)O. The van der Waals surface area contributed by atoms with Crippen LogP contribution in [0.3, 0.4) is 0 Å². The van der Waals surface area contributed by atoms with Gasteiger partial charge in [-0.05, 0) is 25.1 Å². The molecule has 0 aliphatic carbocycles. The molecule has 0 aromatic heterocycles. The first-order valence-corrected chi connectivity index (χ1v) is 5.63. The van der Waals surface area contributed by atoms with E-state index < -0.39 is 12.1 Å². The van der Waals surface area contributed by atoms with Gasteiger partial charge in [-0.2, -0.15) is 0 Å². The van der Waals surface area contributed by atoms with Crippen LogP contribution in [0.25, 0.3) is 0 Å². The van der Waals surface area contributed by atoms with Gasteiger partial charge in [0.25, 0.3) is 0 Å². The van der Waals surface area contributed by atoms with E-state index in [1.54, 1.807) is 19.1 Å². The smallest absolute Gasteiger partial charge is 0.339 e. The van der Waals surface area contributed by atoms with Gasteiger partial charge in [0.1, 0.15) is 11.3 Å². The van der Waals surface area contributed by atoms with Gasteiger partial charge < -0.3 is 14.9 Å². The van der Waals surface area contributed by atoms with Crippen LogP contribution in [0.5, 0.6) is 5.75 Å². The van der Waals surface area contributed by atoms with Crippen LogP contribution in [0.4, 0.5) is 0 Å². The van der Waals surface area contributed by atoms with Crippen molar-refractivity contribution in [3.63, 3.8) is 0 Å². The van der Waals surface area contributed by atoms with Gasteiger partial charge in [0, 0.05) is 10.9 Å². The third kappa shape index (κ3) is 3.83. The van der Waals surface area contributed by atoms with Gasteiger partial charge in [-0.1, -0.05) is 15.9 Å². The van der Waals surface area contributed by atoms with E-state index >= 15 is 0 Å². The maximum atomic E-state index is 10.9. The average Bonchev–Trinajstić information content (AvgIpc) is 2.19. The molecular weight excluding hydrogens is 276 g/mol. The Bertz CT molecular complexity index is 376. The Labute approximate surface area is 102 Å². The second kappa shape index (κ2) is 5.86. The summed E-state index contributed by atoms with van der Waals surface area (Å²) in [6, 6.07) is 4.79. The maximum Gasteiger partial charge on any atom is 0.339 e. The average molecular weight is 289 g/mol. The van der Waals surface area contributed by atoms with Crippen molar-refractivity contribution in [2.24, 2.45) is 0 Å². The van der Waals surface area contributed by atoms with E-state index in [-0.39, 0.29) is 5.56 Å². The zero-order valence-corrected chi connectivity index (χ0v) is 10.4. The monoisotopic (exact) mass is 288 g/mol. The Morgan fingerprint density at radius 2 is 2.25 bits per heavy atom. The summed E-state index contributed by atoms with van der Waals surface area (Å²) in [6.07, 6.45) is 0.0125. The van der Waals surface area contributed by atoms with Crippen molar-refractivity contribution < 1.29 is 19.7 Å². The molecular formula is C11H13BrO4. The minimum absolute atomic E-state index is 0.111. The molecule has 1 unspecified atom stereocenters. The Kier molecular flexibility index (Phi) is 4.76. The molecule has 0 bridgehead atoms. The lowest BCUT2D eigenvalue weighted by molar-refractivity contribution is 0.0691. The predicted molar refractivity (Wildman–Crippen MR) is 62.9 cm³/mol. The summed E-state index contributed by atoms with van der Waals surface area (Å²) in [5.41, 5.74) is 0.111. The normalized spacial score (nSPS) is 12.2. The molecule has 0 aliphatic rings. The van der Waals surface area contributed by atoms with Crippen LogP contribution < -0.4 is 4.74 Å². The molecule has 2 N–H and O–H groups in total. The van der Waals surface area contributed by atoms with Crippen LogP contribution in [0, 0.1) is 0 Å². The van der Waals surface area contributed by atoms with Crippen LogP contribution in [0.2, 0.25) is 0 Å². The van der Waals surface area contributed by atoms with Crippen molar-refractivity contribution in [2.75, 3.05) is 6.61 Å². The van der Waals surface area contributed by atoms with Crippen molar-refractivity contribution in [1.29, 1.82) is 0 Å². The second-order valence-electron chi connectivity index (χ2n) is 3.43. The predicted octanol–water partition coefficient (Wildman–Crippen LogP) is 2.30. The molecule has 0 heterocycles. The maximum absolute atomic E-state index is 10.9. The number of ether oxygens (including phenoxy) is 1. The molecule has 4 nitrogen and oxygen atoms in total. The highest BCUT2D eigenvalue weighted by Gasteiger charge is 2.11. The van der Waals surface area contributed by atoms with Gasteiger partial charge in [-0.3, -0.25) is 0 Å². The third-order valence-corrected chi connectivity index (χ3v) is 2.46. The second-order valence-corrected chi connectivity index (χ2v) is 4.35. The van der Waals surface area contributed by atoms with E-state index in [9.17, 15) is 4.79 Å². The standard InChI is InChI=1S/C11H13BrO4/c1-7(13)4-5-16-10-3-2-8(12)6-9(10)11(14)15/h2-3,6-7,13H,4-5H2,1H3,(H,14,15). The number of rotatable bonds is 5. The van der Waals surface area contributed by atoms with Crippen LogP contribution in [0.15, 0.2) is 22.7 Å². The van der Waals surface area contributed by atoms with E-state index in [0.29, 0.717) is 23.2 Å². The Morgan fingerprint density at radius 3 is 2.81 bits per heavy atom. The topological polar surface area (TPSA) is 66.8 Å². The lowest BCUT2D eigenvalue weighted by Crippen LogP contribution is -2.09. The molecule has 0 fully saturated rings. The number of aliphatic hydroxyl groups is 1. The van der Waals surface area contributed by atoms with Crippen LogP contribution in [0.1, 0.15) is 23.7 Å². The number of carboxylic acid groups (broad SMARTS) is 1. The fourth-order valence-electron chi connectivity index (χ4n) is 1.13. The molecule has 16 heavy (non-hydrogen) atoms. The Morgan fingerprint density at radius 1 is 1.56 bits per heavy atom. The lowest BCUT2D eigenvalue weighted by atomic mass is 10.2. The van der Waals surface area contributed by atoms with Crippen molar-refractivity contribution in [1.82, 2.24) is 0 Å². The van der Waals surface area contributed by atoms with Gasteiger partial charge >= 0.3 is 5.97 Å². The fraction of sp³-hybridized carbons (Fsp3) is 0.364. The zero-order chi connectivity index (χ0) is 12.1. The number of carboxylic acids is 1. The van der Waals surface area contributed by atoms with E-state index in [1.807, 2.05) is 0 Å². The summed E-state index contributed by atoms with van der Waals surface area (Å²) >= 11 is 3.20. The molecule has 0 saturated heterocycles. The van der Waals surface area contributed by atoms with Crippen LogP contribution >= 0.6 is 15.9 Å². The summed E-state index contributed by atoms with van der Waals surface area (Å²) in [5, 5.41) is 18.0. The summed E-state index contributed by atoms with van der Waals surface area (Å²) < 4.78 is 5.99. The highest BCUT2D eigenvalue weighted by atomic mass is 79.9. The number of aromatic carboxylic acids is 1. The summed E-state index contributed by atoms with van der Waals surface area (Å²) in [4.78, 5) is 10.9. The number of halogens is 1. The Hall–Kier alpha value is -1.07. The summed E-state index contributed by atoms with van der Waals surface area (Å²) in [7, 11) is 0. The minimum atomic E-state index is -1.03. The van der Waals surface area contributed by atoms with E-state index in [2.05, 4.69) is 15.9 Å². The molecule has 0 radical (unpaired) electrons. The number of benzene rings is 1. The molecule has 0 spiro atoms. The number of carbonyl (C=O) groups is 1. The first-order chi connectivity index (χ1) is 7.50. The van der Waals surface area contributed by atoms with Crippen molar-refractivity contribution in [3.8, 4) is 5.75 Å². The molecule has 0 saturated carbocycles. The lowest BCUT2D eigenvalue weighted by Gasteiger charge is -2.10. The third-order valence-electron chi connectivity index (χ3n) is 1.97. The molecule has 0 amide bonds. The summed E-state index contributed by atoms with van der Waals surface area (Å²) in [5.74, 6) is -0.718. The number of aliphatic hydroxyl groups excluding tert-OH is 1. The first kappa shape index (κ1) is 13.0. The molecule has 5 heteroatoms. The molecule has 1 aromatic carbocycles. The van der Waals surface area contributed by atoms with Crippen LogP contribution in [-0.4, -0.2) is 28.9 Å². The first-order valence-electron chi connectivity index (χ1n) is 4.84. The summed E-state index contributed by atoms with van der Waals surface area (Å²) in [6.45, 7) is 1.95. The number of hydrogen-bond acceptors (Lipinski definition) is 3. The molecule has 1 rings (SSSR count). The largest absolute Gasteiger partial charge is 0.493 e. The Balaban J connectivity index is 2.75. The van der Waals surface area contributed by atoms with Gasteiger partial charge in [0.15, 0.2) is 0 Å². The van der Waals surface area contributed by atoms with Gasteiger partial charge in [0.05, 0.1) is 12.7 Å². The van der Waals surface area contributed by atoms with Gasteiger partial charge in [0.2, 0.25) is 0 Å². The molecule has 0 aliphatic heterocycles.